The van der Waals surface area contributed by atoms with Crippen LogP contribution in [0.1, 0.15) is 99.6 Å². The number of hydrogen-bond acceptors (Lipinski definition) is 3. The highest BCUT2D eigenvalue weighted by molar-refractivity contribution is 5.85. The van der Waals surface area contributed by atoms with Gasteiger partial charge in [-0.1, -0.05) is 50.6 Å². The molecule has 5 heteroatoms. The zero-order valence-electron chi connectivity index (χ0n) is 20.5. The number of rotatable bonds is 11. The van der Waals surface area contributed by atoms with E-state index in [4.69, 9.17) is 0 Å². The third-order valence-electron chi connectivity index (χ3n) is 6.21. The number of carbonyl (C=O) groups excluding carboxylic acids is 1. The number of ketones is 1. The summed E-state index contributed by atoms with van der Waals surface area (Å²) >= 11 is 0. The molecule has 0 N–H and O–H groups in total. The zero-order valence-corrected chi connectivity index (χ0v) is 21.3. The molecule has 0 saturated heterocycles. The van der Waals surface area contributed by atoms with Crippen molar-refractivity contribution in [2.24, 2.45) is 5.41 Å². The number of hydrogen-bond donors (Lipinski definition) is 0. The molecule has 1 aliphatic rings. The van der Waals surface area contributed by atoms with Gasteiger partial charge in [-0.15, -0.1) is 29.2 Å². The Bertz CT molecular complexity index is 921. The molecule has 1 aromatic carbocycles. The van der Waals surface area contributed by atoms with Gasteiger partial charge in [0, 0.05) is 31.2 Å². The summed E-state index contributed by atoms with van der Waals surface area (Å²) in [6, 6.07) is 6.84. The number of aromatic nitrogens is 3. The van der Waals surface area contributed by atoms with Crippen LogP contribution in [-0.2, 0) is 17.6 Å². The van der Waals surface area contributed by atoms with Crippen LogP contribution in [0.25, 0.3) is 0 Å². The average molecular weight is 458 g/mol. The number of benzene rings is 1. The first-order valence-corrected chi connectivity index (χ1v) is 11.8. The molecule has 1 aromatic heterocycles. The van der Waals surface area contributed by atoms with Gasteiger partial charge < -0.3 is 4.57 Å². The quantitative estimate of drug-likeness (QED) is 0.345. The summed E-state index contributed by atoms with van der Waals surface area (Å²) < 4.78 is 2.36. The standard InChI is InChI=1S/C27H39N3O.ClH/c1-7-9-22(18-24(31)17-21-12-11-19(2)16-20(21)3)26-29-28-25(30(26)23-13-14-23)10-8-15-27(4,5)6;/h7,11-12,16,22-23H,1,8-10,13-15,17-18H2,2-6H3;1H/t22-;/m0./s1. The number of aryl methyl sites for hydroxylation is 3. The lowest BCUT2D eigenvalue weighted by molar-refractivity contribution is -0.118. The fraction of sp³-hybridized carbons (Fsp3) is 0.593. The van der Waals surface area contributed by atoms with Crippen molar-refractivity contribution in [3.63, 3.8) is 0 Å². The van der Waals surface area contributed by atoms with Crippen LogP contribution in [0.3, 0.4) is 0 Å². The minimum Gasteiger partial charge on any atom is -0.312 e. The monoisotopic (exact) mass is 457 g/mol. The second-order valence-electron chi connectivity index (χ2n) is 10.6. The molecule has 32 heavy (non-hydrogen) atoms. The Morgan fingerprint density at radius 2 is 1.97 bits per heavy atom. The Kier molecular flexibility index (Phi) is 9.27. The van der Waals surface area contributed by atoms with Crippen molar-refractivity contribution < 1.29 is 4.79 Å². The van der Waals surface area contributed by atoms with Crippen LogP contribution >= 0.6 is 12.4 Å². The maximum atomic E-state index is 13.0. The predicted molar refractivity (Wildman–Crippen MR) is 135 cm³/mol. The first-order chi connectivity index (χ1) is 14.7. The van der Waals surface area contributed by atoms with Crippen molar-refractivity contribution in [1.82, 2.24) is 14.8 Å². The summed E-state index contributed by atoms with van der Waals surface area (Å²) in [5, 5.41) is 9.20. The highest BCUT2D eigenvalue weighted by Gasteiger charge is 2.32. The third kappa shape index (κ3) is 7.30. The number of allylic oxidation sites excluding steroid dienone is 1. The first kappa shape index (κ1) is 26.3. The summed E-state index contributed by atoms with van der Waals surface area (Å²) in [6.45, 7) is 15.0. The predicted octanol–water partition coefficient (Wildman–Crippen LogP) is 6.88. The van der Waals surface area contributed by atoms with Gasteiger partial charge in [0.15, 0.2) is 0 Å². The summed E-state index contributed by atoms with van der Waals surface area (Å²) in [5.41, 5.74) is 3.88. The summed E-state index contributed by atoms with van der Waals surface area (Å²) in [7, 11) is 0. The Morgan fingerprint density at radius 3 is 2.56 bits per heavy atom. The molecule has 0 unspecified atom stereocenters. The van der Waals surface area contributed by atoms with Crippen LogP contribution in [0.2, 0.25) is 0 Å². The summed E-state index contributed by atoms with van der Waals surface area (Å²) in [6.07, 6.45) is 9.27. The molecule has 3 rings (SSSR count). The van der Waals surface area contributed by atoms with Crippen molar-refractivity contribution in [3.8, 4) is 0 Å². The zero-order chi connectivity index (χ0) is 22.6. The van der Waals surface area contributed by atoms with Gasteiger partial charge in [0.1, 0.15) is 17.4 Å². The van der Waals surface area contributed by atoms with E-state index in [-0.39, 0.29) is 24.1 Å². The molecule has 0 spiro atoms. The topological polar surface area (TPSA) is 47.8 Å². The molecule has 1 saturated carbocycles. The highest BCUT2D eigenvalue weighted by Crippen LogP contribution is 2.39. The van der Waals surface area contributed by atoms with E-state index in [0.717, 1.165) is 36.5 Å². The maximum absolute atomic E-state index is 13.0. The van der Waals surface area contributed by atoms with Gasteiger partial charge in [0.25, 0.3) is 0 Å². The molecule has 1 aliphatic carbocycles. The third-order valence-corrected chi connectivity index (χ3v) is 6.21. The van der Waals surface area contributed by atoms with Crippen LogP contribution in [0.15, 0.2) is 30.9 Å². The first-order valence-electron chi connectivity index (χ1n) is 11.8. The fourth-order valence-corrected chi connectivity index (χ4v) is 4.38. The minimum absolute atomic E-state index is 0. The molecule has 4 nitrogen and oxygen atoms in total. The van der Waals surface area contributed by atoms with Crippen molar-refractivity contribution in [1.29, 1.82) is 0 Å². The van der Waals surface area contributed by atoms with E-state index in [2.05, 4.69) is 74.2 Å². The van der Waals surface area contributed by atoms with Crippen LogP contribution in [-0.4, -0.2) is 20.5 Å². The molecule has 176 valence electrons. The highest BCUT2D eigenvalue weighted by atomic mass is 35.5. The Morgan fingerprint density at radius 1 is 1.25 bits per heavy atom. The molecule has 0 amide bonds. The van der Waals surface area contributed by atoms with Crippen LogP contribution < -0.4 is 0 Å². The lowest BCUT2D eigenvalue weighted by Crippen LogP contribution is -2.15. The number of nitrogens with zero attached hydrogens (tertiary/aromatic N) is 3. The molecule has 2 aromatic rings. The van der Waals surface area contributed by atoms with Gasteiger partial charge in [0.2, 0.25) is 0 Å². The lowest BCUT2D eigenvalue weighted by Gasteiger charge is -2.19. The molecule has 1 heterocycles. The average Bonchev–Trinajstić information content (AvgIpc) is 3.42. The molecule has 0 bridgehead atoms. The van der Waals surface area contributed by atoms with E-state index in [1.54, 1.807) is 0 Å². The Hall–Kier alpha value is -1.94. The minimum atomic E-state index is 0. The van der Waals surface area contributed by atoms with Gasteiger partial charge in [-0.3, -0.25) is 4.79 Å². The van der Waals surface area contributed by atoms with Gasteiger partial charge in [-0.25, -0.2) is 0 Å². The van der Waals surface area contributed by atoms with E-state index in [9.17, 15) is 4.79 Å². The van der Waals surface area contributed by atoms with E-state index < -0.39 is 0 Å². The smallest absolute Gasteiger partial charge is 0.138 e. The molecule has 1 atom stereocenters. The Labute approximate surface area is 200 Å². The van der Waals surface area contributed by atoms with Crippen molar-refractivity contribution in [3.05, 3.63) is 59.2 Å². The van der Waals surface area contributed by atoms with Gasteiger partial charge >= 0.3 is 0 Å². The largest absolute Gasteiger partial charge is 0.312 e. The normalized spacial score (nSPS) is 14.7. The maximum Gasteiger partial charge on any atom is 0.138 e. The van der Waals surface area contributed by atoms with Gasteiger partial charge in [-0.05, 0) is 62.5 Å². The van der Waals surface area contributed by atoms with E-state index in [0.29, 0.717) is 24.3 Å². The van der Waals surface area contributed by atoms with Gasteiger partial charge in [0.05, 0.1) is 0 Å². The molecular formula is C27H40ClN3O. The molecular weight excluding hydrogens is 418 g/mol. The van der Waals surface area contributed by atoms with E-state index in [1.807, 2.05) is 6.08 Å². The number of halogens is 1. The number of Topliss-reactive ketones (excluding diaryl/α,β-unsaturated/α-hetero) is 1. The van der Waals surface area contributed by atoms with Crippen LogP contribution in [0.4, 0.5) is 0 Å². The van der Waals surface area contributed by atoms with Crippen molar-refractivity contribution in [2.75, 3.05) is 0 Å². The summed E-state index contributed by atoms with van der Waals surface area (Å²) in [4.78, 5) is 13.0. The SMILES string of the molecule is C=CC[C@@H](CC(=O)Cc1ccc(C)cc1C)c1nnc(CCCC(C)(C)C)n1C1CC1.Cl. The van der Waals surface area contributed by atoms with E-state index in [1.165, 1.54) is 30.4 Å². The van der Waals surface area contributed by atoms with Crippen molar-refractivity contribution in [2.45, 2.75) is 97.9 Å². The molecule has 0 radical (unpaired) electrons. The van der Waals surface area contributed by atoms with E-state index >= 15 is 0 Å². The lowest BCUT2D eigenvalue weighted by atomic mass is 9.90. The van der Waals surface area contributed by atoms with Gasteiger partial charge in [-0.2, -0.15) is 0 Å². The second kappa shape index (κ2) is 11.3. The molecule has 0 aliphatic heterocycles. The molecule has 1 fully saturated rings. The van der Waals surface area contributed by atoms with Crippen LogP contribution in [0.5, 0.6) is 0 Å². The second-order valence-corrected chi connectivity index (χ2v) is 10.6. The van der Waals surface area contributed by atoms with Crippen molar-refractivity contribution >= 4 is 18.2 Å². The Balaban J connectivity index is 0.00000363. The fourth-order valence-electron chi connectivity index (χ4n) is 4.38. The van der Waals surface area contributed by atoms with Crippen LogP contribution in [0, 0.1) is 19.3 Å². The number of carbonyl (C=O) groups is 1. The summed E-state index contributed by atoms with van der Waals surface area (Å²) in [5.74, 6) is 2.40.